The molecule has 0 radical (unpaired) electrons. The third-order valence-corrected chi connectivity index (χ3v) is 7.86. The molecule has 2 aliphatic rings. The number of carbonyl (C=O) groups excluding carboxylic acids is 1. The Morgan fingerprint density at radius 2 is 1.94 bits per heavy atom. The van der Waals surface area contributed by atoms with E-state index in [0.29, 0.717) is 29.9 Å². The molecule has 1 aliphatic carbocycles. The summed E-state index contributed by atoms with van der Waals surface area (Å²) in [5, 5.41) is 7.54. The highest BCUT2D eigenvalue weighted by molar-refractivity contribution is 5.83. The zero-order chi connectivity index (χ0) is 24.4. The summed E-state index contributed by atoms with van der Waals surface area (Å²) >= 11 is 0. The summed E-state index contributed by atoms with van der Waals surface area (Å²) in [7, 11) is 0. The maximum atomic E-state index is 13.2. The maximum absolute atomic E-state index is 13.2. The molecule has 5 rings (SSSR count). The first-order chi connectivity index (χ1) is 17.1. The zero-order valence-electron chi connectivity index (χ0n) is 21.0. The van der Waals surface area contributed by atoms with Crippen molar-refractivity contribution >= 4 is 22.5 Å². The lowest BCUT2D eigenvalue weighted by Gasteiger charge is -2.40. The molecular formula is C26H38N6O3. The Balaban J connectivity index is 1.14. The normalized spacial score (nSPS) is 19.5. The summed E-state index contributed by atoms with van der Waals surface area (Å²) in [6, 6.07) is 3.71. The van der Waals surface area contributed by atoms with E-state index in [2.05, 4.69) is 20.2 Å². The van der Waals surface area contributed by atoms with Crippen LogP contribution in [0, 0.1) is 6.92 Å². The molecule has 1 N–H and O–H groups in total. The molecule has 35 heavy (non-hydrogen) atoms. The SMILES string of the molecule is CC[C@@H](C(=O)NCCCN1CCN(C2CCCCC2)CC1)n1nc(C)n2c(cc3occc32)c1=O. The van der Waals surface area contributed by atoms with E-state index in [-0.39, 0.29) is 11.5 Å². The lowest BCUT2D eigenvalue weighted by Crippen LogP contribution is -2.51. The topological polar surface area (TPSA) is 88.0 Å². The predicted octanol–water partition coefficient (Wildman–Crippen LogP) is 2.96. The Kier molecular flexibility index (Phi) is 7.24. The summed E-state index contributed by atoms with van der Waals surface area (Å²) in [6.45, 7) is 9.89. The lowest BCUT2D eigenvalue weighted by atomic mass is 9.94. The fourth-order valence-corrected chi connectivity index (χ4v) is 5.91. The number of aryl methyl sites for hydroxylation is 1. The van der Waals surface area contributed by atoms with E-state index in [4.69, 9.17) is 4.42 Å². The molecule has 1 aliphatic heterocycles. The van der Waals surface area contributed by atoms with E-state index in [1.165, 1.54) is 36.8 Å². The maximum Gasteiger partial charge on any atom is 0.291 e. The van der Waals surface area contributed by atoms with Crippen molar-refractivity contribution in [3.63, 3.8) is 0 Å². The lowest BCUT2D eigenvalue weighted by molar-refractivity contribution is -0.124. The molecule has 3 aromatic rings. The number of nitrogens with one attached hydrogen (secondary N) is 1. The number of furan rings is 1. The van der Waals surface area contributed by atoms with Gasteiger partial charge in [-0.3, -0.25) is 18.9 Å². The molecule has 0 bridgehead atoms. The molecule has 0 aromatic carbocycles. The van der Waals surface area contributed by atoms with Crippen LogP contribution in [0.1, 0.15) is 63.7 Å². The number of amides is 1. The van der Waals surface area contributed by atoms with Crippen molar-refractivity contribution in [2.24, 2.45) is 0 Å². The van der Waals surface area contributed by atoms with Crippen LogP contribution >= 0.6 is 0 Å². The minimum atomic E-state index is -0.633. The molecule has 1 amide bonds. The van der Waals surface area contributed by atoms with E-state index in [1.807, 2.05) is 19.9 Å². The average Bonchev–Trinajstić information content (AvgIpc) is 3.48. The predicted molar refractivity (Wildman–Crippen MR) is 136 cm³/mol. The Labute approximate surface area is 206 Å². The molecular weight excluding hydrogens is 444 g/mol. The molecule has 0 spiro atoms. The smallest absolute Gasteiger partial charge is 0.291 e. The summed E-state index contributed by atoms with van der Waals surface area (Å²) in [5.74, 6) is 0.498. The fraction of sp³-hybridized carbons (Fsp3) is 0.654. The minimum absolute atomic E-state index is 0.150. The minimum Gasteiger partial charge on any atom is -0.463 e. The standard InChI is InChI=1S/C26H38N6O3/c1-3-21(32-26(34)23-18-24-22(10-17-35-24)31(23)19(2)28-32)25(33)27-11-7-12-29-13-15-30(16-14-29)20-8-5-4-6-9-20/h10,17-18,20-21H,3-9,11-16H2,1-2H3,(H,27,33)/t21-/m0/s1. The first-order valence-electron chi connectivity index (χ1n) is 13.3. The van der Waals surface area contributed by atoms with Crippen molar-refractivity contribution in [1.29, 1.82) is 0 Å². The molecule has 9 heteroatoms. The first-order valence-corrected chi connectivity index (χ1v) is 13.3. The van der Waals surface area contributed by atoms with Gasteiger partial charge in [0, 0.05) is 50.9 Å². The number of piperazine rings is 1. The fourth-order valence-electron chi connectivity index (χ4n) is 5.91. The van der Waals surface area contributed by atoms with Gasteiger partial charge in [0.15, 0.2) is 5.58 Å². The Bertz CT molecular complexity index is 1210. The van der Waals surface area contributed by atoms with Crippen molar-refractivity contribution in [3.8, 4) is 0 Å². The van der Waals surface area contributed by atoms with Crippen LogP contribution in [0.3, 0.4) is 0 Å². The van der Waals surface area contributed by atoms with Gasteiger partial charge in [-0.15, -0.1) is 0 Å². The van der Waals surface area contributed by atoms with Gasteiger partial charge in [0.25, 0.3) is 5.56 Å². The Morgan fingerprint density at radius 1 is 1.17 bits per heavy atom. The Hall–Kier alpha value is -2.65. The number of hydrogen-bond acceptors (Lipinski definition) is 6. The van der Waals surface area contributed by atoms with Crippen molar-refractivity contribution in [2.75, 3.05) is 39.3 Å². The molecule has 9 nitrogen and oxygen atoms in total. The zero-order valence-corrected chi connectivity index (χ0v) is 21.0. The summed E-state index contributed by atoms with van der Waals surface area (Å²) in [5.41, 5.74) is 1.65. The third kappa shape index (κ3) is 4.89. The van der Waals surface area contributed by atoms with Gasteiger partial charge in [0.1, 0.15) is 17.4 Å². The second kappa shape index (κ2) is 10.5. The van der Waals surface area contributed by atoms with Crippen LogP contribution in [0.15, 0.2) is 27.6 Å². The number of fused-ring (bicyclic) bond motifs is 3. The largest absolute Gasteiger partial charge is 0.463 e. The number of nitrogens with zero attached hydrogens (tertiary/aromatic N) is 5. The van der Waals surface area contributed by atoms with E-state index >= 15 is 0 Å². The molecule has 2 fully saturated rings. The summed E-state index contributed by atoms with van der Waals surface area (Å²) in [6.07, 6.45) is 9.91. The van der Waals surface area contributed by atoms with Gasteiger partial charge in [0.2, 0.25) is 5.91 Å². The second-order valence-corrected chi connectivity index (χ2v) is 10.1. The van der Waals surface area contributed by atoms with Gasteiger partial charge in [-0.05, 0) is 39.2 Å². The van der Waals surface area contributed by atoms with Gasteiger partial charge < -0.3 is 14.6 Å². The van der Waals surface area contributed by atoms with Crippen LogP contribution in [0.5, 0.6) is 0 Å². The van der Waals surface area contributed by atoms with Gasteiger partial charge in [0.05, 0.1) is 11.8 Å². The van der Waals surface area contributed by atoms with E-state index in [0.717, 1.165) is 50.7 Å². The highest BCUT2D eigenvalue weighted by Crippen LogP contribution is 2.24. The third-order valence-electron chi connectivity index (χ3n) is 7.86. The van der Waals surface area contributed by atoms with Crippen molar-refractivity contribution in [1.82, 2.24) is 29.3 Å². The van der Waals surface area contributed by atoms with Crippen LogP contribution in [0.2, 0.25) is 0 Å². The van der Waals surface area contributed by atoms with Gasteiger partial charge >= 0.3 is 0 Å². The molecule has 190 valence electrons. The van der Waals surface area contributed by atoms with E-state index in [9.17, 15) is 9.59 Å². The van der Waals surface area contributed by atoms with E-state index in [1.54, 1.807) is 16.7 Å². The molecule has 4 heterocycles. The van der Waals surface area contributed by atoms with Crippen LogP contribution in [0.25, 0.3) is 16.6 Å². The molecule has 1 saturated carbocycles. The summed E-state index contributed by atoms with van der Waals surface area (Å²) < 4.78 is 8.58. The second-order valence-electron chi connectivity index (χ2n) is 10.1. The molecule has 3 aromatic heterocycles. The highest BCUT2D eigenvalue weighted by atomic mass is 16.3. The van der Waals surface area contributed by atoms with Gasteiger partial charge in [-0.1, -0.05) is 26.2 Å². The number of hydrogen-bond donors (Lipinski definition) is 1. The quantitative estimate of drug-likeness (QED) is 0.497. The van der Waals surface area contributed by atoms with Gasteiger partial charge in [-0.25, -0.2) is 4.68 Å². The number of aromatic nitrogens is 3. The van der Waals surface area contributed by atoms with Crippen molar-refractivity contribution in [2.45, 2.75) is 70.9 Å². The van der Waals surface area contributed by atoms with Crippen molar-refractivity contribution < 1.29 is 9.21 Å². The van der Waals surface area contributed by atoms with Crippen LogP contribution < -0.4 is 10.9 Å². The molecule has 0 unspecified atom stereocenters. The van der Waals surface area contributed by atoms with Crippen LogP contribution in [0.4, 0.5) is 0 Å². The van der Waals surface area contributed by atoms with Crippen LogP contribution in [-0.2, 0) is 4.79 Å². The van der Waals surface area contributed by atoms with Gasteiger partial charge in [-0.2, -0.15) is 5.10 Å². The number of carbonyl (C=O) groups is 1. The highest BCUT2D eigenvalue weighted by Gasteiger charge is 2.26. The monoisotopic (exact) mass is 482 g/mol. The first kappa shape index (κ1) is 24.1. The molecule has 1 atom stereocenters. The van der Waals surface area contributed by atoms with Crippen molar-refractivity contribution in [3.05, 3.63) is 34.6 Å². The van der Waals surface area contributed by atoms with E-state index < -0.39 is 6.04 Å². The Morgan fingerprint density at radius 3 is 2.69 bits per heavy atom. The number of rotatable bonds is 8. The summed E-state index contributed by atoms with van der Waals surface area (Å²) in [4.78, 5) is 31.4. The molecule has 1 saturated heterocycles. The average molecular weight is 483 g/mol. The van der Waals surface area contributed by atoms with Crippen LogP contribution in [-0.4, -0.2) is 75.2 Å².